The van der Waals surface area contributed by atoms with Crippen LogP contribution in [0.25, 0.3) is 0 Å². The molecule has 0 amide bonds. The highest BCUT2D eigenvalue weighted by molar-refractivity contribution is 7.99. The fourth-order valence-electron chi connectivity index (χ4n) is 1.32. The maximum absolute atomic E-state index is 5.64. The Balaban J connectivity index is 2.08. The lowest BCUT2D eigenvalue weighted by Crippen LogP contribution is -1.90. The van der Waals surface area contributed by atoms with Crippen molar-refractivity contribution in [2.75, 3.05) is 5.73 Å². The molecule has 1 aromatic heterocycles. The maximum atomic E-state index is 5.64. The minimum atomic E-state index is 0.372. The van der Waals surface area contributed by atoms with Gasteiger partial charge >= 0.3 is 0 Å². The Kier molecular flexibility index (Phi) is 2.97. The van der Waals surface area contributed by atoms with Crippen LogP contribution in [0.15, 0.2) is 41.8 Å². The summed E-state index contributed by atoms with van der Waals surface area (Å²) in [5, 5.41) is 1.32. The SMILES string of the molecule is CC(Sc1ncc[nH]1)c1ccc(N)cc1. The number of aromatic nitrogens is 2. The van der Waals surface area contributed by atoms with Gasteiger partial charge in [0.2, 0.25) is 0 Å². The van der Waals surface area contributed by atoms with Gasteiger partial charge in [-0.3, -0.25) is 0 Å². The minimum Gasteiger partial charge on any atom is -0.399 e. The molecule has 1 unspecified atom stereocenters. The lowest BCUT2D eigenvalue weighted by atomic mass is 10.1. The molecule has 3 nitrogen and oxygen atoms in total. The number of benzene rings is 1. The number of hydrogen-bond acceptors (Lipinski definition) is 3. The third-order valence-corrected chi connectivity index (χ3v) is 3.24. The van der Waals surface area contributed by atoms with Gasteiger partial charge < -0.3 is 10.7 Å². The zero-order valence-electron chi connectivity index (χ0n) is 8.47. The molecular weight excluding hydrogens is 206 g/mol. The molecule has 0 aliphatic carbocycles. The molecule has 0 spiro atoms. The molecule has 2 rings (SSSR count). The van der Waals surface area contributed by atoms with Gasteiger partial charge in [0.1, 0.15) is 0 Å². The van der Waals surface area contributed by atoms with Crippen molar-refractivity contribution in [2.24, 2.45) is 0 Å². The molecule has 0 aliphatic rings. The lowest BCUT2D eigenvalue weighted by molar-refractivity contribution is 1.02. The van der Waals surface area contributed by atoms with Gasteiger partial charge in [-0.2, -0.15) is 0 Å². The summed E-state index contributed by atoms with van der Waals surface area (Å²) in [6.07, 6.45) is 3.59. The summed E-state index contributed by atoms with van der Waals surface area (Å²) in [4.78, 5) is 7.26. The van der Waals surface area contributed by atoms with E-state index in [1.807, 2.05) is 18.3 Å². The second-order valence-corrected chi connectivity index (χ2v) is 4.65. The van der Waals surface area contributed by atoms with Gasteiger partial charge in [-0.05, 0) is 24.6 Å². The van der Waals surface area contributed by atoms with Crippen LogP contribution in [0.4, 0.5) is 5.69 Å². The molecule has 3 N–H and O–H groups in total. The van der Waals surface area contributed by atoms with Crippen molar-refractivity contribution >= 4 is 17.4 Å². The van der Waals surface area contributed by atoms with Gasteiger partial charge in [0.15, 0.2) is 5.16 Å². The van der Waals surface area contributed by atoms with E-state index in [9.17, 15) is 0 Å². The number of imidazole rings is 1. The van der Waals surface area contributed by atoms with E-state index in [-0.39, 0.29) is 0 Å². The molecular formula is C11H13N3S. The van der Waals surface area contributed by atoms with Crippen LogP contribution < -0.4 is 5.73 Å². The van der Waals surface area contributed by atoms with Gasteiger partial charge in [-0.25, -0.2) is 4.98 Å². The standard InChI is InChI=1S/C11H13N3S/c1-8(15-11-13-6-7-14-11)9-2-4-10(12)5-3-9/h2-8H,12H2,1H3,(H,13,14). The number of nitrogens with one attached hydrogen (secondary N) is 1. The molecule has 0 aliphatic heterocycles. The van der Waals surface area contributed by atoms with E-state index >= 15 is 0 Å². The average molecular weight is 219 g/mol. The fourth-order valence-corrected chi connectivity index (χ4v) is 2.20. The number of rotatable bonds is 3. The molecule has 1 aromatic carbocycles. The molecule has 15 heavy (non-hydrogen) atoms. The maximum Gasteiger partial charge on any atom is 0.165 e. The van der Waals surface area contributed by atoms with Crippen molar-refractivity contribution in [3.8, 4) is 0 Å². The van der Waals surface area contributed by atoms with Crippen LogP contribution in [-0.2, 0) is 0 Å². The van der Waals surface area contributed by atoms with E-state index in [1.54, 1.807) is 18.0 Å². The molecule has 0 radical (unpaired) electrons. The Labute approximate surface area is 93.1 Å². The second kappa shape index (κ2) is 4.40. The monoisotopic (exact) mass is 219 g/mol. The number of aromatic amines is 1. The largest absolute Gasteiger partial charge is 0.399 e. The van der Waals surface area contributed by atoms with Gasteiger partial charge in [-0.1, -0.05) is 23.9 Å². The van der Waals surface area contributed by atoms with Crippen molar-refractivity contribution in [2.45, 2.75) is 17.3 Å². The molecule has 4 heteroatoms. The third kappa shape index (κ3) is 2.53. The van der Waals surface area contributed by atoms with Crippen LogP contribution >= 0.6 is 11.8 Å². The number of nitrogens with two attached hydrogens (primary N) is 1. The van der Waals surface area contributed by atoms with Gasteiger partial charge in [0.05, 0.1) is 0 Å². The van der Waals surface area contributed by atoms with Gasteiger partial charge in [0.25, 0.3) is 0 Å². The van der Waals surface area contributed by atoms with Crippen LogP contribution in [0.3, 0.4) is 0 Å². The van der Waals surface area contributed by atoms with Crippen molar-refractivity contribution in [3.05, 3.63) is 42.2 Å². The van der Waals surface area contributed by atoms with Crippen molar-refractivity contribution in [1.29, 1.82) is 0 Å². The Hall–Kier alpha value is -1.42. The first kappa shape index (κ1) is 10.1. The number of thioether (sulfide) groups is 1. The molecule has 0 saturated heterocycles. The first-order valence-corrected chi connectivity index (χ1v) is 5.65. The average Bonchev–Trinajstić information content (AvgIpc) is 2.71. The predicted molar refractivity (Wildman–Crippen MR) is 63.7 cm³/mol. The summed E-state index contributed by atoms with van der Waals surface area (Å²) in [5.74, 6) is 0. The topological polar surface area (TPSA) is 54.7 Å². The number of hydrogen-bond donors (Lipinski definition) is 2. The summed E-state index contributed by atoms with van der Waals surface area (Å²) >= 11 is 1.70. The molecule has 1 atom stereocenters. The Morgan fingerprint density at radius 3 is 2.67 bits per heavy atom. The predicted octanol–water partition coefficient (Wildman–Crippen LogP) is 2.85. The number of nitrogens with zero attached hydrogens (tertiary/aromatic N) is 1. The Morgan fingerprint density at radius 2 is 2.07 bits per heavy atom. The van der Waals surface area contributed by atoms with Crippen LogP contribution in [-0.4, -0.2) is 9.97 Å². The fraction of sp³-hybridized carbons (Fsp3) is 0.182. The third-order valence-electron chi connectivity index (χ3n) is 2.17. The summed E-state index contributed by atoms with van der Waals surface area (Å²) in [6, 6.07) is 7.95. The van der Waals surface area contributed by atoms with Gasteiger partial charge in [0, 0.05) is 23.3 Å². The zero-order valence-corrected chi connectivity index (χ0v) is 9.29. The Bertz CT molecular complexity index is 408. The highest BCUT2D eigenvalue weighted by Crippen LogP contribution is 2.32. The molecule has 78 valence electrons. The molecule has 1 heterocycles. The first-order valence-electron chi connectivity index (χ1n) is 4.77. The lowest BCUT2D eigenvalue weighted by Gasteiger charge is -2.09. The van der Waals surface area contributed by atoms with E-state index in [0.29, 0.717) is 5.25 Å². The van der Waals surface area contributed by atoms with Crippen LogP contribution in [0, 0.1) is 0 Å². The highest BCUT2D eigenvalue weighted by atomic mass is 32.2. The normalized spacial score (nSPS) is 12.6. The van der Waals surface area contributed by atoms with E-state index in [0.717, 1.165) is 10.8 Å². The minimum absolute atomic E-state index is 0.372. The van der Waals surface area contributed by atoms with Crippen molar-refractivity contribution < 1.29 is 0 Å². The smallest absolute Gasteiger partial charge is 0.165 e. The highest BCUT2D eigenvalue weighted by Gasteiger charge is 2.08. The molecule has 0 fully saturated rings. The zero-order chi connectivity index (χ0) is 10.7. The quantitative estimate of drug-likeness (QED) is 0.616. The second-order valence-electron chi connectivity index (χ2n) is 3.32. The number of H-pyrrole nitrogens is 1. The van der Waals surface area contributed by atoms with E-state index in [1.165, 1.54) is 5.56 Å². The van der Waals surface area contributed by atoms with E-state index in [2.05, 4.69) is 29.0 Å². The van der Waals surface area contributed by atoms with Crippen molar-refractivity contribution in [1.82, 2.24) is 9.97 Å². The van der Waals surface area contributed by atoms with Gasteiger partial charge in [-0.15, -0.1) is 0 Å². The van der Waals surface area contributed by atoms with Crippen molar-refractivity contribution in [3.63, 3.8) is 0 Å². The number of nitrogen functional groups attached to an aromatic ring is 1. The summed E-state index contributed by atoms with van der Waals surface area (Å²) < 4.78 is 0. The summed E-state index contributed by atoms with van der Waals surface area (Å²) in [7, 11) is 0. The molecule has 0 saturated carbocycles. The van der Waals surface area contributed by atoms with Crippen LogP contribution in [0.2, 0.25) is 0 Å². The summed E-state index contributed by atoms with van der Waals surface area (Å²) in [6.45, 7) is 2.15. The van der Waals surface area contributed by atoms with E-state index < -0.39 is 0 Å². The summed E-state index contributed by atoms with van der Waals surface area (Å²) in [5.41, 5.74) is 7.69. The molecule has 0 bridgehead atoms. The molecule has 2 aromatic rings. The number of anilines is 1. The first-order chi connectivity index (χ1) is 7.25. The van der Waals surface area contributed by atoms with Crippen LogP contribution in [0.1, 0.15) is 17.7 Å². The Morgan fingerprint density at radius 1 is 1.33 bits per heavy atom. The van der Waals surface area contributed by atoms with E-state index in [4.69, 9.17) is 5.73 Å². The van der Waals surface area contributed by atoms with Crippen LogP contribution in [0.5, 0.6) is 0 Å².